The number of benzene rings is 1. The van der Waals surface area contributed by atoms with E-state index in [4.69, 9.17) is 0 Å². The highest BCUT2D eigenvalue weighted by Gasteiger charge is 2.19. The van der Waals surface area contributed by atoms with E-state index in [1.807, 2.05) is 33.2 Å². The van der Waals surface area contributed by atoms with E-state index in [2.05, 4.69) is 47.7 Å². The summed E-state index contributed by atoms with van der Waals surface area (Å²) in [7, 11) is 3.89. The summed E-state index contributed by atoms with van der Waals surface area (Å²) in [6.07, 6.45) is 2.31. The molecule has 2 N–H and O–H groups in total. The lowest BCUT2D eigenvalue weighted by Crippen LogP contribution is -2.45. The van der Waals surface area contributed by atoms with Crippen molar-refractivity contribution in [3.8, 4) is 0 Å². The van der Waals surface area contributed by atoms with Gasteiger partial charge in [-0.05, 0) is 37.6 Å². The van der Waals surface area contributed by atoms with Crippen molar-refractivity contribution in [3.63, 3.8) is 0 Å². The summed E-state index contributed by atoms with van der Waals surface area (Å²) in [4.78, 5) is 2.59. The number of hydrogen-bond donors (Lipinski definition) is 2. The first-order valence-corrected chi connectivity index (χ1v) is 9.14. The molecule has 1 atom stereocenters. The lowest BCUT2D eigenvalue weighted by Gasteiger charge is -2.33. The Labute approximate surface area is 156 Å². The molecule has 1 unspecified atom stereocenters. The van der Waals surface area contributed by atoms with E-state index in [9.17, 15) is 3.89 Å². The minimum absolute atomic E-state index is 0.0163. The number of nitrogens with zero attached hydrogens (tertiary/aromatic N) is 1. The highest BCUT2D eigenvalue weighted by molar-refractivity contribution is 7.98. The van der Waals surface area contributed by atoms with Gasteiger partial charge >= 0.3 is 0 Å². The molecule has 0 saturated heterocycles. The standard InChI is InChI=1S/C20H30FN3S/c1-7-19(25-21)17(4)24(6)20(23-13-12-22-5)14-16(3)18-11-9-8-10-15(18)2/h7-11,20,22-23H,1,3,12-14H2,2,4-6H3/b19-17+. The third kappa shape index (κ3) is 6.34. The summed E-state index contributed by atoms with van der Waals surface area (Å²) in [5.41, 5.74) is 4.29. The van der Waals surface area contributed by atoms with Crippen molar-refractivity contribution >= 4 is 17.7 Å². The van der Waals surface area contributed by atoms with Crippen LogP contribution in [0.4, 0.5) is 3.89 Å². The van der Waals surface area contributed by atoms with Gasteiger partial charge in [0.1, 0.15) is 0 Å². The predicted molar refractivity (Wildman–Crippen MR) is 110 cm³/mol. The van der Waals surface area contributed by atoms with Crippen LogP contribution in [-0.2, 0) is 0 Å². The molecule has 138 valence electrons. The number of allylic oxidation sites excluding steroid dienone is 2. The molecule has 0 aliphatic rings. The van der Waals surface area contributed by atoms with Crippen LogP contribution in [0.2, 0.25) is 0 Å². The normalized spacial score (nSPS) is 13.2. The second kappa shape index (κ2) is 11.1. The SMILES string of the molecule is C=C/C(SF)=C(/C)N(C)C(CC(=C)c1ccccc1C)NCCNC. The van der Waals surface area contributed by atoms with Crippen molar-refractivity contribution in [2.75, 3.05) is 27.2 Å². The van der Waals surface area contributed by atoms with E-state index in [0.29, 0.717) is 4.91 Å². The average Bonchev–Trinajstić information content (AvgIpc) is 2.61. The number of aryl methyl sites for hydroxylation is 1. The Morgan fingerprint density at radius 2 is 2.04 bits per heavy atom. The van der Waals surface area contributed by atoms with E-state index >= 15 is 0 Å². The molecule has 0 fully saturated rings. The summed E-state index contributed by atoms with van der Waals surface area (Å²) in [6, 6.07) is 8.25. The fraction of sp³-hybridized carbons (Fsp3) is 0.400. The molecular weight excluding hydrogens is 333 g/mol. The fourth-order valence-electron chi connectivity index (χ4n) is 2.67. The van der Waals surface area contributed by atoms with Gasteiger partial charge in [-0.2, -0.15) is 3.89 Å². The number of nitrogens with one attached hydrogen (secondary N) is 2. The molecular formula is C20H30FN3S. The Balaban J connectivity index is 2.99. The molecule has 0 saturated carbocycles. The third-order valence-electron chi connectivity index (χ3n) is 4.34. The molecule has 1 aromatic rings. The molecule has 25 heavy (non-hydrogen) atoms. The van der Waals surface area contributed by atoms with Gasteiger partial charge in [-0.15, -0.1) is 0 Å². The van der Waals surface area contributed by atoms with Crippen LogP contribution in [0.3, 0.4) is 0 Å². The zero-order valence-corrected chi connectivity index (χ0v) is 16.5. The molecule has 0 bridgehead atoms. The second-order valence-electron chi connectivity index (χ2n) is 6.04. The van der Waals surface area contributed by atoms with Crippen LogP contribution in [0.25, 0.3) is 5.57 Å². The van der Waals surface area contributed by atoms with Gasteiger partial charge in [-0.1, -0.05) is 43.5 Å². The quantitative estimate of drug-likeness (QED) is 0.344. The zero-order chi connectivity index (χ0) is 18.8. The number of halogens is 1. The van der Waals surface area contributed by atoms with Crippen LogP contribution in [0, 0.1) is 6.92 Å². The van der Waals surface area contributed by atoms with Crippen molar-refractivity contribution in [1.82, 2.24) is 15.5 Å². The summed E-state index contributed by atoms with van der Waals surface area (Å²) in [5, 5.41) is 6.66. The molecule has 0 amide bonds. The van der Waals surface area contributed by atoms with Gasteiger partial charge in [-0.25, -0.2) is 0 Å². The molecule has 5 heteroatoms. The molecule has 0 aliphatic carbocycles. The first-order chi connectivity index (χ1) is 12.0. The van der Waals surface area contributed by atoms with Crippen molar-refractivity contribution in [2.45, 2.75) is 26.4 Å². The smallest absolute Gasteiger partial charge is 0.0831 e. The summed E-state index contributed by atoms with van der Waals surface area (Å²) in [5.74, 6) is 0. The first kappa shape index (κ1) is 21.5. The fourth-order valence-corrected chi connectivity index (χ4v) is 2.98. The van der Waals surface area contributed by atoms with E-state index in [0.717, 1.165) is 30.8 Å². The number of rotatable bonds is 11. The van der Waals surface area contributed by atoms with Gasteiger partial charge in [0.2, 0.25) is 0 Å². The van der Waals surface area contributed by atoms with E-state index in [1.165, 1.54) is 11.1 Å². The Bertz CT molecular complexity index is 613. The van der Waals surface area contributed by atoms with E-state index < -0.39 is 0 Å². The predicted octanol–water partition coefficient (Wildman–Crippen LogP) is 4.50. The number of hydrogen-bond acceptors (Lipinski definition) is 4. The number of likely N-dealkylation sites (N-methyl/N-ethyl adjacent to an activating group) is 1. The Morgan fingerprint density at radius 3 is 2.60 bits per heavy atom. The molecule has 0 heterocycles. The molecule has 0 aromatic heterocycles. The van der Waals surface area contributed by atoms with E-state index in [-0.39, 0.29) is 18.3 Å². The minimum atomic E-state index is 0.0163. The monoisotopic (exact) mass is 363 g/mol. The van der Waals surface area contributed by atoms with Crippen molar-refractivity contribution in [1.29, 1.82) is 0 Å². The van der Waals surface area contributed by atoms with Gasteiger partial charge in [0.25, 0.3) is 0 Å². The van der Waals surface area contributed by atoms with Crippen LogP contribution in [-0.4, -0.2) is 38.3 Å². The molecule has 3 nitrogen and oxygen atoms in total. The summed E-state index contributed by atoms with van der Waals surface area (Å²) in [6.45, 7) is 13.6. The van der Waals surface area contributed by atoms with Gasteiger partial charge in [-0.3, -0.25) is 5.32 Å². The summed E-state index contributed by atoms with van der Waals surface area (Å²) < 4.78 is 13.1. The maximum atomic E-state index is 13.1. The molecule has 1 rings (SSSR count). The largest absolute Gasteiger partial charge is 0.361 e. The van der Waals surface area contributed by atoms with Crippen molar-refractivity contribution < 1.29 is 3.89 Å². The molecule has 1 aromatic carbocycles. The van der Waals surface area contributed by atoms with Crippen LogP contribution >= 0.6 is 12.1 Å². The lowest BCUT2D eigenvalue weighted by atomic mass is 9.98. The third-order valence-corrected chi connectivity index (χ3v) is 4.97. The maximum absolute atomic E-state index is 13.1. The van der Waals surface area contributed by atoms with Crippen LogP contribution in [0.15, 0.2) is 54.1 Å². The van der Waals surface area contributed by atoms with Gasteiger partial charge in [0, 0.05) is 32.3 Å². The Hall–Kier alpha value is -1.56. The second-order valence-corrected chi connectivity index (χ2v) is 6.63. The lowest BCUT2D eigenvalue weighted by molar-refractivity contribution is 0.259. The zero-order valence-electron chi connectivity index (χ0n) is 15.7. The first-order valence-electron chi connectivity index (χ1n) is 8.42. The molecule has 0 radical (unpaired) electrons. The van der Waals surface area contributed by atoms with Gasteiger partial charge in [0.15, 0.2) is 0 Å². The van der Waals surface area contributed by atoms with Crippen LogP contribution in [0.5, 0.6) is 0 Å². The topological polar surface area (TPSA) is 27.3 Å². The molecule has 0 aliphatic heterocycles. The Kier molecular flexibility index (Phi) is 9.57. The highest BCUT2D eigenvalue weighted by atomic mass is 32.2. The van der Waals surface area contributed by atoms with Gasteiger partial charge < -0.3 is 10.2 Å². The maximum Gasteiger partial charge on any atom is 0.0831 e. The summed E-state index contributed by atoms with van der Waals surface area (Å²) >= 11 is 0.227. The van der Waals surface area contributed by atoms with Crippen molar-refractivity contribution in [3.05, 3.63) is 65.2 Å². The Morgan fingerprint density at radius 1 is 1.36 bits per heavy atom. The van der Waals surface area contributed by atoms with Gasteiger partial charge in [0.05, 0.1) is 23.2 Å². The van der Waals surface area contributed by atoms with Crippen LogP contribution < -0.4 is 10.6 Å². The van der Waals surface area contributed by atoms with E-state index in [1.54, 1.807) is 6.08 Å². The average molecular weight is 364 g/mol. The van der Waals surface area contributed by atoms with Crippen LogP contribution in [0.1, 0.15) is 24.5 Å². The minimum Gasteiger partial charge on any atom is -0.361 e. The van der Waals surface area contributed by atoms with Crippen molar-refractivity contribution in [2.24, 2.45) is 0 Å². The molecule has 0 spiro atoms. The highest BCUT2D eigenvalue weighted by Crippen LogP contribution is 2.27.